The minimum atomic E-state index is -1.25. The van der Waals surface area contributed by atoms with Gasteiger partial charge in [0.15, 0.2) is 0 Å². The lowest BCUT2D eigenvalue weighted by atomic mass is 9.98. The van der Waals surface area contributed by atoms with Gasteiger partial charge in [-0.05, 0) is 11.6 Å². The van der Waals surface area contributed by atoms with Gasteiger partial charge >= 0.3 is 0 Å². The second-order valence-electron chi connectivity index (χ2n) is 3.45. The first-order chi connectivity index (χ1) is 7.58. The summed E-state index contributed by atoms with van der Waals surface area (Å²) in [6, 6.07) is 5.10. The van der Waals surface area contributed by atoms with E-state index >= 15 is 0 Å². The van der Waals surface area contributed by atoms with Gasteiger partial charge in [0.1, 0.15) is 11.0 Å². The molecule has 0 aliphatic carbocycles. The number of hydrogen-bond donors (Lipinski definition) is 2. The molecule has 1 aromatic rings. The fourth-order valence-corrected chi connectivity index (χ4v) is 2.14. The monoisotopic (exact) mass is 238 g/mol. The molecule has 1 aliphatic heterocycles. The number of anilines is 1. The number of benzene rings is 1. The molecule has 1 atom stereocenters. The van der Waals surface area contributed by atoms with Crippen molar-refractivity contribution >= 4 is 28.5 Å². The first-order valence-electron chi connectivity index (χ1n) is 4.64. The number of fused-ring (bicyclic) bond motifs is 1. The SMILES string of the molecule is CS(=O)Nc1cccc2c1C(=O)NC(=O)C2. The molecule has 0 bridgehead atoms. The molecule has 0 saturated heterocycles. The summed E-state index contributed by atoms with van der Waals surface area (Å²) in [7, 11) is -1.25. The van der Waals surface area contributed by atoms with Crippen LogP contribution in [0, 0.1) is 0 Å². The van der Waals surface area contributed by atoms with E-state index in [-0.39, 0.29) is 12.3 Å². The third kappa shape index (κ3) is 1.96. The Bertz CT molecular complexity index is 499. The normalized spacial score (nSPS) is 16.3. The van der Waals surface area contributed by atoms with E-state index in [2.05, 4.69) is 10.0 Å². The summed E-state index contributed by atoms with van der Waals surface area (Å²) in [5.41, 5.74) is 1.55. The molecule has 0 fully saturated rings. The van der Waals surface area contributed by atoms with Crippen LogP contribution in [0.15, 0.2) is 18.2 Å². The highest BCUT2D eigenvalue weighted by molar-refractivity contribution is 7.85. The van der Waals surface area contributed by atoms with Gasteiger partial charge in [0.05, 0.1) is 17.7 Å². The highest BCUT2D eigenvalue weighted by atomic mass is 32.2. The van der Waals surface area contributed by atoms with Crippen LogP contribution in [0.2, 0.25) is 0 Å². The summed E-state index contributed by atoms with van der Waals surface area (Å²) >= 11 is 0. The third-order valence-corrected chi connectivity index (χ3v) is 2.74. The molecule has 1 unspecified atom stereocenters. The fourth-order valence-electron chi connectivity index (χ4n) is 1.66. The molecule has 6 heteroatoms. The van der Waals surface area contributed by atoms with E-state index in [1.165, 1.54) is 6.26 Å². The molecule has 5 nitrogen and oxygen atoms in total. The van der Waals surface area contributed by atoms with Crippen molar-refractivity contribution in [1.29, 1.82) is 0 Å². The first kappa shape index (κ1) is 10.8. The zero-order valence-electron chi connectivity index (χ0n) is 8.57. The summed E-state index contributed by atoms with van der Waals surface area (Å²) in [5, 5.41) is 2.23. The van der Waals surface area contributed by atoms with Crippen LogP contribution < -0.4 is 10.0 Å². The summed E-state index contributed by atoms with van der Waals surface area (Å²) < 4.78 is 13.7. The van der Waals surface area contributed by atoms with Crippen molar-refractivity contribution in [3.8, 4) is 0 Å². The van der Waals surface area contributed by atoms with Gasteiger partial charge in [-0.2, -0.15) is 0 Å². The Morgan fingerprint density at radius 3 is 2.81 bits per heavy atom. The molecule has 84 valence electrons. The summed E-state index contributed by atoms with van der Waals surface area (Å²) in [5.74, 6) is -0.757. The van der Waals surface area contributed by atoms with Gasteiger partial charge < -0.3 is 4.72 Å². The smallest absolute Gasteiger partial charge is 0.260 e. The molecular formula is C10H10N2O3S. The molecule has 1 heterocycles. The molecule has 0 aromatic heterocycles. The maximum Gasteiger partial charge on any atom is 0.260 e. The van der Waals surface area contributed by atoms with E-state index in [0.717, 1.165) is 0 Å². The lowest BCUT2D eigenvalue weighted by Gasteiger charge is -2.18. The number of hydrogen-bond acceptors (Lipinski definition) is 3. The van der Waals surface area contributed by atoms with Crippen molar-refractivity contribution < 1.29 is 13.8 Å². The minimum Gasteiger partial charge on any atom is -0.305 e. The number of rotatable bonds is 2. The summed E-state index contributed by atoms with van der Waals surface area (Å²) in [6.07, 6.45) is 1.65. The quantitative estimate of drug-likeness (QED) is 0.723. The molecule has 2 N–H and O–H groups in total. The minimum absolute atomic E-state index is 0.174. The fraction of sp³-hybridized carbons (Fsp3) is 0.200. The van der Waals surface area contributed by atoms with Crippen molar-refractivity contribution in [3.05, 3.63) is 29.3 Å². The molecular weight excluding hydrogens is 228 g/mol. The van der Waals surface area contributed by atoms with Gasteiger partial charge in [-0.15, -0.1) is 0 Å². The Balaban J connectivity index is 2.50. The van der Waals surface area contributed by atoms with Gasteiger partial charge in [-0.1, -0.05) is 12.1 Å². The van der Waals surface area contributed by atoms with Gasteiger partial charge in [0.2, 0.25) is 5.91 Å². The van der Waals surface area contributed by atoms with Gasteiger partial charge in [0, 0.05) is 6.26 Å². The Labute approximate surface area is 94.8 Å². The Kier molecular flexibility index (Phi) is 2.74. The third-order valence-electron chi connectivity index (χ3n) is 2.24. The Hall–Kier alpha value is -1.69. The second-order valence-corrected chi connectivity index (χ2v) is 4.56. The Morgan fingerprint density at radius 2 is 2.12 bits per heavy atom. The number of imide groups is 1. The molecule has 2 rings (SSSR count). The van der Waals surface area contributed by atoms with E-state index in [1.807, 2.05) is 0 Å². The van der Waals surface area contributed by atoms with Crippen molar-refractivity contribution in [2.75, 3.05) is 11.0 Å². The lowest BCUT2D eigenvalue weighted by molar-refractivity contribution is -0.119. The molecule has 0 saturated carbocycles. The average molecular weight is 238 g/mol. The maximum absolute atomic E-state index is 11.6. The topological polar surface area (TPSA) is 75.3 Å². The molecule has 2 amide bonds. The summed E-state index contributed by atoms with van der Waals surface area (Å²) in [4.78, 5) is 22.8. The first-order valence-corrected chi connectivity index (χ1v) is 6.20. The van der Waals surface area contributed by atoms with Crippen LogP contribution in [-0.4, -0.2) is 22.3 Å². The number of carbonyl (C=O) groups excluding carboxylic acids is 2. The van der Waals surface area contributed by atoms with Crippen molar-refractivity contribution in [2.45, 2.75) is 6.42 Å². The zero-order valence-corrected chi connectivity index (χ0v) is 9.39. The van der Waals surface area contributed by atoms with Gasteiger partial charge in [0.25, 0.3) is 5.91 Å². The van der Waals surface area contributed by atoms with E-state index in [4.69, 9.17) is 0 Å². The molecule has 0 radical (unpaired) electrons. The van der Waals surface area contributed by atoms with E-state index in [0.29, 0.717) is 16.8 Å². The van der Waals surface area contributed by atoms with Gasteiger partial charge in [-0.3, -0.25) is 14.9 Å². The number of carbonyl (C=O) groups is 2. The highest BCUT2D eigenvalue weighted by Gasteiger charge is 2.24. The van der Waals surface area contributed by atoms with Crippen LogP contribution in [0.3, 0.4) is 0 Å². The van der Waals surface area contributed by atoms with Crippen LogP contribution in [-0.2, 0) is 22.2 Å². The summed E-state index contributed by atoms with van der Waals surface area (Å²) in [6.45, 7) is 0. The predicted molar refractivity (Wildman–Crippen MR) is 60.3 cm³/mol. The molecule has 1 aliphatic rings. The van der Waals surface area contributed by atoms with Crippen LogP contribution in [0.1, 0.15) is 15.9 Å². The standard InChI is InChI=1S/C10H10N2O3S/c1-16(15)12-7-4-2-3-6-5-8(13)11-10(14)9(6)7/h2-4,12H,5H2,1H3,(H,11,13,14). The second kappa shape index (κ2) is 4.05. The van der Waals surface area contributed by atoms with Crippen LogP contribution in [0.5, 0.6) is 0 Å². The highest BCUT2D eigenvalue weighted by Crippen LogP contribution is 2.23. The van der Waals surface area contributed by atoms with Crippen LogP contribution >= 0.6 is 0 Å². The number of amides is 2. The van der Waals surface area contributed by atoms with E-state index < -0.39 is 16.9 Å². The van der Waals surface area contributed by atoms with Crippen molar-refractivity contribution in [2.24, 2.45) is 0 Å². The van der Waals surface area contributed by atoms with Gasteiger partial charge in [-0.25, -0.2) is 4.21 Å². The molecule has 0 spiro atoms. The van der Waals surface area contributed by atoms with E-state index in [1.54, 1.807) is 18.2 Å². The molecule has 16 heavy (non-hydrogen) atoms. The predicted octanol–water partition coefficient (Wildman–Crippen LogP) is 0.204. The molecule has 1 aromatic carbocycles. The van der Waals surface area contributed by atoms with Crippen LogP contribution in [0.25, 0.3) is 0 Å². The lowest BCUT2D eigenvalue weighted by Crippen LogP contribution is -2.37. The zero-order chi connectivity index (χ0) is 11.7. The maximum atomic E-state index is 11.6. The van der Waals surface area contributed by atoms with Crippen molar-refractivity contribution in [1.82, 2.24) is 5.32 Å². The van der Waals surface area contributed by atoms with E-state index in [9.17, 15) is 13.8 Å². The van der Waals surface area contributed by atoms with Crippen LogP contribution in [0.4, 0.5) is 5.69 Å². The average Bonchev–Trinajstić information content (AvgIpc) is 2.15. The number of nitrogens with one attached hydrogen (secondary N) is 2. The largest absolute Gasteiger partial charge is 0.305 e. The van der Waals surface area contributed by atoms with Crippen molar-refractivity contribution in [3.63, 3.8) is 0 Å². The Morgan fingerprint density at radius 1 is 1.38 bits per heavy atom.